The number of nitrogens with one attached hydrogen (secondary N) is 2. The van der Waals surface area contributed by atoms with Crippen LogP contribution in [-0.4, -0.2) is 85.5 Å². The maximum atomic E-state index is 13.0. The monoisotopic (exact) mass is 472 g/mol. The molecule has 1 amide bonds. The Morgan fingerprint density at radius 3 is 2.60 bits per heavy atom. The maximum Gasteiger partial charge on any atom is 0.222 e. The summed E-state index contributed by atoms with van der Waals surface area (Å²) in [7, 11) is 2.17. The van der Waals surface area contributed by atoms with E-state index in [9.17, 15) is 4.79 Å². The van der Waals surface area contributed by atoms with E-state index in [1.807, 2.05) is 18.2 Å². The average Bonchev–Trinajstić information content (AvgIpc) is 3.20. The van der Waals surface area contributed by atoms with Crippen LogP contribution < -0.4 is 10.7 Å². The minimum atomic E-state index is -0.207. The van der Waals surface area contributed by atoms with Crippen molar-refractivity contribution in [2.45, 2.75) is 37.8 Å². The number of aliphatic imine (C=N–C) groups is 1. The molecular weight excluding hydrogens is 436 g/mol. The van der Waals surface area contributed by atoms with Crippen molar-refractivity contribution in [1.29, 1.82) is 0 Å². The predicted molar refractivity (Wildman–Crippen MR) is 141 cm³/mol. The van der Waals surface area contributed by atoms with Gasteiger partial charge in [0.15, 0.2) is 0 Å². The Morgan fingerprint density at radius 2 is 1.80 bits per heavy atom. The Labute approximate surface area is 208 Å². The largest absolute Gasteiger partial charge is 0.356 e. The highest BCUT2D eigenvalue weighted by atomic mass is 16.1. The van der Waals surface area contributed by atoms with E-state index in [0.29, 0.717) is 13.0 Å². The van der Waals surface area contributed by atoms with Crippen molar-refractivity contribution in [3.05, 3.63) is 71.3 Å². The number of carbonyl (C=O) groups excluding carboxylic acids is 1. The SMILES string of the molecule is CC1=NNC2C1c1ccccc1C(c1ccccc1)=N[C@H]2CC(=O)NCCCN1CCN(C)CC1. The first-order valence-corrected chi connectivity index (χ1v) is 12.8. The number of likely N-dealkylation sites (N-methyl/N-ethyl adjacent to an activating group) is 1. The molecule has 1 fully saturated rings. The van der Waals surface area contributed by atoms with Crippen LogP contribution in [0.15, 0.2) is 64.7 Å². The van der Waals surface area contributed by atoms with Gasteiger partial charge in [-0.25, -0.2) is 0 Å². The molecule has 3 aliphatic heterocycles. The zero-order chi connectivity index (χ0) is 24.2. The van der Waals surface area contributed by atoms with Crippen LogP contribution in [-0.2, 0) is 4.79 Å². The number of piperazine rings is 1. The fraction of sp³-hybridized carbons (Fsp3) is 0.464. The van der Waals surface area contributed by atoms with Gasteiger partial charge in [-0.2, -0.15) is 5.10 Å². The third kappa shape index (κ3) is 5.31. The van der Waals surface area contributed by atoms with Gasteiger partial charge < -0.3 is 20.5 Å². The summed E-state index contributed by atoms with van der Waals surface area (Å²) in [6.45, 7) is 8.26. The Morgan fingerprint density at radius 1 is 1.06 bits per heavy atom. The van der Waals surface area contributed by atoms with Gasteiger partial charge in [0.05, 0.1) is 24.2 Å². The van der Waals surface area contributed by atoms with Crippen molar-refractivity contribution in [3.63, 3.8) is 0 Å². The molecule has 7 heteroatoms. The van der Waals surface area contributed by atoms with Crippen LogP contribution in [0.2, 0.25) is 0 Å². The molecular formula is C28H36N6O. The fourth-order valence-corrected chi connectivity index (χ4v) is 5.47. The zero-order valence-corrected chi connectivity index (χ0v) is 20.8. The van der Waals surface area contributed by atoms with Crippen molar-refractivity contribution >= 4 is 17.3 Å². The lowest BCUT2D eigenvalue weighted by Gasteiger charge is -2.32. The van der Waals surface area contributed by atoms with Gasteiger partial charge in [0.1, 0.15) is 0 Å². The first kappa shape index (κ1) is 23.7. The van der Waals surface area contributed by atoms with Gasteiger partial charge in [-0.15, -0.1) is 0 Å². The second-order valence-corrected chi connectivity index (χ2v) is 9.94. The molecule has 2 unspecified atom stereocenters. The number of hydrogen-bond acceptors (Lipinski definition) is 6. The number of amides is 1. The number of hydrogen-bond donors (Lipinski definition) is 2. The van der Waals surface area contributed by atoms with E-state index in [2.05, 4.69) is 76.0 Å². The third-order valence-corrected chi connectivity index (χ3v) is 7.47. The summed E-state index contributed by atoms with van der Waals surface area (Å²) in [4.78, 5) is 23.1. The number of benzene rings is 2. The molecule has 2 N–H and O–H groups in total. The van der Waals surface area contributed by atoms with E-state index >= 15 is 0 Å². The number of fused-ring (bicyclic) bond motifs is 3. The molecule has 0 bridgehead atoms. The van der Waals surface area contributed by atoms with Crippen LogP contribution in [0.3, 0.4) is 0 Å². The summed E-state index contributed by atoms with van der Waals surface area (Å²) in [5.41, 5.74) is 8.75. The molecule has 3 aliphatic rings. The minimum absolute atomic E-state index is 0.0338. The molecule has 0 saturated carbocycles. The van der Waals surface area contributed by atoms with E-state index < -0.39 is 0 Å². The number of rotatable bonds is 7. The molecule has 3 atom stereocenters. The van der Waals surface area contributed by atoms with E-state index in [1.165, 1.54) is 5.56 Å². The summed E-state index contributed by atoms with van der Waals surface area (Å²) in [5.74, 6) is 0.159. The molecule has 35 heavy (non-hydrogen) atoms. The van der Waals surface area contributed by atoms with Crippen molar-refractivity contribution in [2.24, 2.45) is 10.1 Å². The van der Waals surface area contributed by atoms with E-state index in [0.717, 1.165) is 61.7 Å². The summed E-state index contributed by atoms with van der Waals surface area (Å²) < 4.78 is 0. The molecule has 1 saturated heterocycles. The van der Waals surface area contributed by atoms with Gasteiger partial charge in [-0.05, 0) is 32.5 Å². The van der Waals surface area contributed by atoms with Crippen LogP contribution in [0, 0.1) is 0 Å². The number of nitrogens with zero attached hydrogens (tertiary/aromatic N) is 4. The third-order valence-electron chi connectivity index (χ3n) is 7.47. The van der Waals surface area contributed by atoms with Crippen LogP contribution in [0.4, 0.5) is 0 Å². The second kappa shape index (κ2) is 10.7. The first-order valence-electron chi connectivity index (χ1n) is 12.8. The molecule has 0 aromatic heterocycles. The van der Waals surface area contributed by atoms with E-state index in [4.69, 9.17) is 4.99 Å². The van der Waals surface area contributed by atoms with Crippen LogP contribution in [0.25, 0.3) is 0 Å². The fourth-order valence-electron chi connectivity index (χ4n) is 5.47. The highest BCUT2D eigenvalue weighted by molar-refractivity contribution is 6.15. The number of hydrazone groups is 1. The average molecular weight is 473 g/mol. The molecule has 5 rings (SSSR count). The molecule has 0 radical (unpaired) electrons. The standard InChI is InChI=1S/C28H36N6O/c1-20-26-22-11-6-7-12-23(22)27(21-9-4-3-5-10-21)30-24(28(26)32-31-20)19-25(35)29-13-8-14-34-17-15-33(2)16-18-34/h3-7,9-12,24,26,28,32H,8,13-19H2,1-2H3,(H,29,35)/t24-,26?,28?/m0/s1. The Kier molecular flexibility index (Phi) is 7.25. The lowest BCUT2D eigenvalue weighted by atomic mass is 9.82. The smallest absolute Gasteiger partial charge is 0.222 e. The quantitative estimate of drug-likeness (QED) is 0.608. The molecule has 184 valence electrons. The van der Waals surface area contributed by atoms with Crippen LogP contribution in [0.1, 0.15) is 42.4 Å². The predicted octanol–water partition coefficient (Wildman–Crippen LogP) is 2.48. The normalized spacial score (nSPS) is 24.5. The summed E-state index contributed by atoms with van der Waals surface area (Å²) in [6.07, 6.45) is 1.31. The highest BCUT2D eigenvalue weighted by Gasteiger charge is 2.41. The summed E-state index contributed by atoms with van der Waals surface area (Å²) >= 11 is 0. The molecule has 7 nitrogen and oxygen atoms in total. The number of carbonyl (C=O) groups is 1. The zero-order valence-electron chi connectivity index (χ0n) is 20.8. The lowest BCUT2D eigenvalue weighted by molar-refractivity contribution is -0.121. The maximum absolute atomic E-state index is 13.0. The second-order valence-electron chi connectivity index (χ2n) is 9.94. The summed E-state index contributed by atoms with van der Waals surface area (Å²) in [6, 6.07) is 18.5. The molecule has 0 spiro atoms. The Hall–Kier alpha value is -3.03. The molecule has 0 aliphatic carbocycles. The topological polar surface area (TPSA) is 72.3 Å². The molecule has 2 aromatic carbocycles. The Balaban J connectivity index is 1.30. The van der Waals surface area contributed by atoms with Crippen LogP contribution in [0.5, 0.6) is 0 Å². The van der Waals surface area contributed by atoms with Crippen LogP contribution >= 0.6 is 0 Å². The summed E-state index contributed by atoms with van der Waals surface area (Å²) in [5, 5.41) is 7.72. The molecule has 3 heterocycles. The first-order chi connectivity index (χ1) is 17.1. The lowest BCUT2D eigenvalue weighted by Crippen LogP contribution is -2.45. The highest BCUT2D eigenvalue weighted by Crippen LogP contribution is 2.36. The van der Waals surface area contributed by atoms with E-state index in [1.54, 1.807) is 0 Å². The van der Waals surface area contributed by atoms with Crippen molar-refractivity contribution in [2.75, 3.05) is 46.3 Å². The van der Waals surface area contributed by atoms with Crippen molar-refractivity contribution in [1.82, 2.24) is 20.5 Å². The van der Waals surface area contributed by atoms with Gasteiger partial charge >= 0.3 is 0 Å². The minimum Gasteiger partial charge on any atom is -0.356 e. The van der Waals surface area contributed by atoms with Crippen molar-refractivity contribution in [3.8, 4) is 0 Å². The molecule has 2 aromatic rings. The van der Waals surface area contributed by atoms with Crippen molar-refractivity contribution < 1.29 is 4.79 Å². The van der Waals surface area contributed by atoms with Gasteiger partial charge in [0.2, 0.25) is 5.91 Å². The van der Waals surface area contributed by atoms with Gasteiger partial charge in [-0.3, -0.25) is 9.79 Å². The van der Waals surface area contributed by atoms with Gasteiger partial charge in [-0.1, -0.05) is 54.6 Å². The van der Waals surface area contributed by atoms with E-state index in [-0.39, 0.29) is 23.9 Å². The van der Waals surface area contributed by atoms with Gasteiger partial charge in [0.25, 0.3) is 0 Å². The van der Waals surface area contributed by atoms with Gasteiger partial charge in [0, 0.05) is 55.5 Å². The Bertz CT molecular complexity index is 1090.